The highest BCUT2D eigenvalue weighted by Crippen LogP contribution is 2.04. The van der Waals surface area contributed by atoms with E-state index < -0.39 is 9.84 Å². The number of aromatic nitrogens is 3. The van der Waals surface area contributed by atoms with E-state index in [9.17, 15) is 8.42 Å². The second kappa shape index (κ2) is 2.31. The van der Waals surface area contributed by atoms with Crippen molar-refractivity contribution in [1.82, 2.24) is 15.2 Å². The van der Waals surface area contributed by atoms with Crippen molar-refractivity contribution >= 4 is 25.8 Å². The fraction of sp³-hybridized carbons (Fsp3) is 0.333. The molecule has 10 heavy (non-hydrogen) atoms. The molecule has 1 heterocycles. The van der Waals surface area contributed by atoms with Crippen molar-refractivity contribution in [3.8, 4) is 0 Å². The second-order valence-electron chi connectivity index (χ2n) is 1.68. The Balaban J connectivity index is 3.21. The van der Waals surface area contributed by atoms with Crippen LogP contribution in [0.25, 0.3) is 0 Å². The molecule has 1 N–H and O–H groups in total. The van der Waals surface area contributed by atoms with Gasteiger partial charge in [-0.3, -0.25) is 0 Å². The summed E-state index contributed by atoms with van der Waals surface area (Å²) in [4.78, 5) is 3.54. The Hall–Kier alpha value is -0.430. The number of hydrogen-bond donors (Lipinski definition) is 1. The lowest BCUT2D eigenvalue weighted by Crippen LogP contribution is -1.98. The molecule has 0 saturated heterocycles. The van der Waals surface area contributed by atoms with Crippen LogP contribution >= 0.6 is 15.9 Å². The van der Waals surface area contributed by atoms with E-state index in [2.05, 4.69) is 31.1 Å². The summed E-state index contributed by atoms with van der Waals surface area (Å²) in [7, 11) is -3.24. The Bertz CT molecular complexity index is 329. The minimum atomic E-state index is -3.24. The van der Waals surface area contributed by atoms with Crippen LogP contribution in [-0.2, 0) is 9.84 Å². The third-order valence-electron chi connectivity index (χ3n) is 0.789. The number of H-pyrrole nitrogens is 1. The summed E-state index contributed by atoms with van der Waals surface area (Å²) in [5.74, 6) is 0. The molecule has 0 atom stereocenters. The monoisotopic (exact) mass is 225 g/mol. The van der Waals surface area contributed by atoms with Gasteiger partial charge in [-0.1, -0.05) is 0 Å². The third-order valence-corrected chi connectivity index (χ3v) is 2.03. The number of nitrogens with zero attached hydrogens (tertiary/aromatic N) is 2. The van der Waals surface area contributed by atoms with Crippen LogP contribution in [0.15, 0.2) is 9.89 Å². The molecule has 0 bridgehead atoms. The minimum absolute atomic E-state index is 0.126. The Morgan fingerprint density at radius 1 is 1.60 bits per heavy atom. The Morgan fingerprint density at radius 3 is 2.40 bits per heavy atom. The number of hydrogen-bond acceptors (Lipinski definition) is 4. The van der Waals surface area contributed by atoms with E-state index in [1.165, 1.54) is 0 Å². The predicted molar refractivity (Wildman–Crippen MR) is 37.2 cm³/mol. The molecule has 0 amide bonds. The SMILES string of the molecule is CS(=O)(=O)c1nc(Br)n[nH]1. The summed E-state index contributed by atoms with van der Waals surface area (Å²) in [6, 6.07) is 0. The van der Waals surface area contributed by atoms with Gasteiger partial charge in [0.1, 0.15) is 0 Å². The number of rotatable bonds is 1. The van der Waals surface area contributed by atoms with Gasteiger partial charge in [-0.2, -0.15) is 4.98 Å². The lowest BCUT2D eigenvalue weighted by Gasteiger charge is -1.84. The van der Waals surface area contributed by atoms with Crippen molar-refractivity contribution in [1.29, 1.82) is 0 Å². The molecule has 56 valence electrons. The van der Waals surface area contributed by atoms with Crippen LogP contribution in [0.4, 0.5) is 0 Å². The van der Waals surface area contributed by atoms with Crippen LogP contribution in [0.2, 0.25) is 0 Å². The van der Waals surface area contributed by atoms with Crippen molar-refractivity contribution in [2.24, 2.45) is 0 Å². The summed E-state index contributed by atoms with van der Waals surface area (Å²) in [6.45, 7) is 0. The van der Waals surface area contributed by atoms with Crippen molar-refractivity contribution in [3.05, 3.63) is 4.73 Å². The zero-order valence-corrected chi connectivity index (χ0v) is 7.40. The average Bonchev–Trinajstić information content (AvgIpc) is 2.11. The molecule has 1 aromatic rings. The summed E-state index contributed by atoms with van der Waals surface area (Å²) in [5.41, 5.74) is 0. The zero-order chi connectivity index (χ0) is 7.78. The lowest BCUT2D eigenvalue weighted by molar-refractivity contribution is 0.593. The van der Waals surface area contributed by atoms with E-state index >= 15 is 0 Å². The molecular formula is C3H4BrN3O2S. The van der Waals surface area contributed by atoms with Crippen LogP contribution in [0.1, 0.15) is 0 Å². The van der Waals surface area contributed by atoms with Crippen LogP contribution in [0.3, 0.4) is 0 Å². The summed E-state index contributed by atoms with van der Waals surface area (Å²) < 4.78 is 21.6. The van der Waals surface area contributed by atoms with Gasteiger partial charge < -0.3 is 0 Å². The number of aromatic amines is 1. The van der Waals surface area contributed by atoms with Gasteiger partial charge >= 0.3 is 0 Å². The highest BCUT2D eigenvalue weighted by molar-refractivity contribution is 9.10. The van der Waals surface area contributed by atoms with E-state index in [-0.39, 0.29) is 9.89 Å². The van der Waals surface area contributed by atoms with Crippen molar-refractivity contribution in [2.75, 3.05) is 6.26 Å². The third kappa shape index (κ3) is 1.54. The zero-order valence-electron chi connectivity index (χ0n) is 5.00. The van der Waals surface area contributed by atoms with Gasteiger partial charge in [-0.05, 0) is 15.9 Å². The van der Waals surface area contributed by atoms with Crippen molar-refractivity contribution in [3.63, 3.8) is 0 Å². The first-order valence-corrected chi connectivity index (χ1v) is 4.96. The Labute approximate surface area is 65.9 Å². The fourth-order valence-corrected chi connectivity index (χ4v) is 1.24. The van der Waals surface area contributed by atoms with E-state index in [0.29, 0.717) is 0 Å². The van der Waals surface area contributed by atoms with Crippen LogP contribution in [0, 0.1) is 0 Å². The lowest BCUT2D eigenvalue weighted by atomic mass is 11.3. The van der Waals surface area contributed by atoms with Gasteiger partial charge in [-0.15, -0.1) is 5.10 Å². The first kappa shape index (κ1) is 7.67. The normalized spacial score (nSPS) is 11.8. The minimum Gasteiger partial charge on any atom is -0.249 e. The van der Waals surface area contributed by atoms with Crippen LogP contribution < -0.4 is 0 Å². The van der Waals surface area contributed by atoms with Gasteiger partial charge in [-0.25, -0.2) is 13.5 Å². The van der Waals surface area contributed by atoms with Gasteiger partial charge in [0.25, 0.3) is 0 Å². The van der Waals surface area contributed by atoms with E-state index in [1.54, 1.807) is 0 Å². The topological polar surface area (TPSA) is 75.7 Å². The highest BCUT2D eigenvalue weighted by atomic mass is 79.9. The number of nitrogens with one attached hydrogen (secondary N) is 1. The van der Waals surface area contributed by atoms with Crippen LogP contribution in [0.5, 0.6) is 0 Å². The maximum absolute atomic E-state index is 10.7. The molecule has 0 aromatic carbocycles. The largest absolute Gasteiger partial charge is 0.249 e. The summed E-state index contributed by atoms with van der Waals surface area (Å²) >= 11 is 2.91. The fourth-order valence-electron chi connectivity index (χ4n) is 0.394. The first-order valence-electron chi connectivity index (χ1n) is 2.28. The predicted octanol–water partition coefficient (Wildman–Crippen LogP) is -0.0293. The number of sulfone groups is 1. The van der Waals surface area contributed by atoms with Crippen LogP contribution in [-0.4, -0.2) is 29.9 Å². The van der Waals surface area contributed by atoms with Crippen molar-refractivity contribution in [2.45, 2.75) is 5.16 Å². The molecule has 0 aliphatic rings. The molecule has 7 heteroatoms. The molecule has 0 saturated carbocycles. The molecule has 0 fully saturated rings. The summed E-state index contributed by atoms with van der Waals surface area (Å²) in [6.07, 6.45) is 1.06. The molecule has 0 unspecified atom stereocenters. The maximum Gasteiger partial charge on any atom is 0.243 e. The second-order valence-corrected chi connectivity index (χ2v) is 4.32. The Morgan fingerprint density at radius 2 is 2.20 bits per heavy atom. The molecule has 0 spiro atoms. The Kier molecular flexibility index (Phi) is 1.78. The molecule has 1 aromatic heterocycles. The molecule has 0 radical (unpaired) electrons. The standard InChI is InChI=1S/C3H4BrN3O2S/c1-10(8,9)3-5-2(4)6-7-3/h1H3,(H,5,6,7). The maximum atomic E-state index is 10.7. The van der Waals surface area contributed by atoms with Crippen molar-refractivity contribution < 1.29 is 8.42 Å². The van der Waals surface area contributed by atoms with Gasteiger partial charge in [0.15, 0.2) is 0 Å². The molecule has 0 aliphatic carbocycles. The van der Waals surface area contributed by atoms with Gasteiger partial charge in [0, 0.05) is 6.26 Å². The molecule has 0 aliphatic heterocycles. The van der Waals surface area contributed by atoms with E-state index in [4.69, 9.17) is 0 Å². The molecular weight excluding hydrogens is 222 g/mol. The molecule has 1 rings (SSSR count). The summed E-state index contributed by atoms with van der Waals surface area (Å²) in [5, 5.41) is 5.61. The first-order chi connectivity index (χ1) is 4.50. The van der Waals surface area contributed by atoms with Gasteiger partial charge in [0.05, 0.1) is 0 Å². The van der Waals surface area contributed by atoms with E-state index in [0.717, 1.165) is 6.26 Å². The van der Waals surface area contributed by atoms with E-state index in [1.807, 2.05) is 0 Å². The number of halogens is 1. The average molecular weight is 226 g/mol. The molecule has 5 nitrogen and oxygen atoms in total. The van der Waals surface area contributed by atoms with Gasteiger partial charge in [0.2, 0.25) is 19.7 Å². The highest BCUT2D eigenvalue weighted by Gasteiger charge is 2.11. The smallest absolute Gasteiger partial charge is 0.243 e. The quantitative estimate of drug-likeness (QED) is 0.729.